The summed E-state index contributed by atoms with van der Waals surface area (Å²) in [6, 6.07) is -0.220. The summed E-state index contributed by atoms with van der Waals surface area (Å²) in [6.07, 6.45) is 3.56. The first-order valence-electron chi connectivity index (χ1n) is 6.83. The van der Waals surface area contributed by atoms with Crippen molar-refractivity contribution < 1.29 is 9.59 Å². The number of carbonyl (C=O) groups excluding carboxylic acids is 2. The molecule has 1 N–H and O–H groups in total. The van der Waals surface area contributed by atoms with Gasteiger partial charge in [0.2, 0.25) is 11.8 Å². The Bertz CT molecular complexity index is 330. The fourth-order valence-electron chi connectivity index (χ4n) is 2.89. The van der Waals surface area contributed by atoms with Crippen LogP contribution in [-0.4, -0.2) is 61.4 Å². The number of rotatable bonds is 2. The van der Waals surface area contributed by atoms with E-state index in [1.165, 1.54) is 0 Å². The molecular formula is C13H24ClN3O2. The zero-order valence-electron chi connectivity index (χ0n) is 11.7. The SMILES string of the molecule is CN(C)C(=O)C1CCCN1C(=O)C1CCNCC1.Cl. The first-order valence-corrected chi connectivity index (χ1v) is 6.83. The third kappa shape index (κ3) is 3.60. The summed E-state index contributed by atoms with van der Waals surface area (Å²) in [5.41, 5.74) is 0. The molecule has 1 atom stereocenters. The minimum Gasteiger partial charge on any atom is -0.347 e. The Hall–Kier alpha value is -0.810. The van der Waals surface area contributed by atoms with Gasteiger partial charge in [0.25, 0.3) is 0 Å². The van der Waals surface area contributed by atoms with E-state index in [1.54, 1.807) is 19.0 Å². The van der Waals surface area contributed by atoms with Crippen molar-refractivity contribution in [3.8, 4) is 0 Å². The second-order valence-electron chi connectivity index (χ2n) is 5.45. The molecule has 110 valence electrons. The van der Waals surface area contributed by atoms with E-state index >= 15 is 0 Å². The number of hydrogen-bond acceptors (Lipinski definition) is 3. The van der Waals surface area contributed by atoms with Crippen LogP contribution in [0.25, 0.3) is 0 Å². The second-order valence-corrected chi connectivity index (χ2v) is 5.45. The number of carbonyl (C=O) groups is 2. The molecule has 1 unspecified atom stereocenters. The molecule has 0 aromatic heterocycles. The number of piperidine rings is 1. The highest BCUT2D eigenvalue weighted by molar-refractivity contribution is 5.89. The molecule has 2 heterocycles. The third-order valence-corrected chi connectivity index (χ3v) is 3.95. The predicted molar refractivity (Wildman–Crippen MR) is 76.3 cm³/mol. The molecule has 2 aliphatic rings. The first-order chi connectivity index (χ1) is 8.61. The quantitative estimate of drug-likeness (QED) is 0.805. The summed E-state index contributed by atoms with van der Waals surface area (Å²) < 4.78 is 0. The van der Waals surface area contributed by atoms with Gasteiger partial charge in [-0.05, 0) is 38.8 Å². The summed E-state index contributed by atoms with van der Waals surface area (Å²) in [7, 11) is 3.52. The van der Waals surface area contributed by atoms with Gasteiger partial charge in [-0.3, -0.25) is 9.59 Å². The van der Waals surface area contributed by atoms with Crippen molar-refractivity contribution in [1.82, 2.24) is 15.1 Å². The number of likely N-dealkylation sites (tertiary alicyclic amines) is 1. The maximum absolute atomic E-state index is 12.5. The van der Waals surface area contributed by atoms with Gasteiger partial charge in [-0.2, -0.15) is 0 Å². The molecule has 5 nitrogen and oxygen atoms in total. The Labute approximate surface area is 121 Å². The van der Waals surface area contributed by atoms with Crippen molar-refractivity contribution in [3.05, 3.63) is 0 Å². The largest absolute Gasteiger partial charge is 0.347 e. The lowest BCUT2D eigenvalue weighted by molar-refractivity contribution is -0.145. The molecule has 19 heavy (non-hydrogen) atoms. The Morgan fingerprint density at radius 3 is 2.37 bits per heavy atom. The molecule has 0 aliphatic carbocycles. The van der Waals surface area contributed by atoms with Crippen LogP contribution in [0.4, 0.5) is 0 Å². The van der Waals surface area contributed by atoms with Crippen LogP contribution in [0, 0.1) is 5.92 Å². The van der Waals surface area contributed by atoms with Crippen LogP contribution in [0.15, 0.2) is 0 Å². The lowest BCUT2D eigenvalue weighted by atomic mass is 9.96. The molecule has 2 rings (SSSR count). The van der Waals surface area contributed by atoms with Crippen LogP contribution >= 0.6 is 12.4 Å². The van der Waals surface area contributed by atoms with Crippen molar-refractivity contribution >= 4 is 24.2 Å². The van der Waals surface area contributed by atoms with Gasteiger partial charge in [0.1, 0.15) is 6.04 Å². The van der Waals surface area contributed by atoms with E-state index in [1.807, 2.05) is 4.90 Å². The molecule has 2 amide bonds. The minimum atomic E-state index is -0.220. The van der Waals surface area contributed by atoms with E-state index in [0.29, 0.717) is 0 Å². The number of nitrogens with one attached hydrogen (secondary N) is 1. The molecule has 2 saturated heterocycles. The summed E-state index contributed by atoms with van der Waals surface area (Å²) in [5, 5.41) is 3.27. The lowest BCUT2D eigenvalue weighted by Gasteiger charge is -2.31. The summed E-state index contributed by atoms with van der Waals surface area (Å²) in [5.74, 6) is 0.366. The van der Waals surface area contributed by atoms with Gasteiger partial charge in [-0.25, -0.2) is 0 Å². The average molecular weight is 290 g/mol. The second kappa shape index (κ2) is 7.10. The Balaban J connectivity index is 0.00000180. The number of hydrogen-bond donors (Lipinski definition) is 1. The standard InChI is InChI=1S/C13H23N3O2.ClH/c1-15(2)13(18)11-4-3-9-16(11)12(17)10-5-7-14-8-6-10;/h10-11,14H,3-9H2,1-2H3;1H. The molecule has 0 saturated carbocycles. The number of nitrogens with zero attached hydrogens (tertiary/aromatic N) is 2. The van der Waals surface area contributed by atoms with Crippen LogP contribution in [0.3, 0.4) is 0 Å². The molecular weight excluding hydrogens is 266 g/mol. The number of amides is 2. The van der Waals surface area contributed by atoms with Crippen molar-refractivity contribution in [2.24, 2.45) is 5.92 Å². The maximum atomic E-state index is 12.5. The highest BCUT2D eigenvalue weighted by atomic mass is 35.5. The summed E-state index contributed by atoms with van der Waals surface area (Å²) in [6.45, 7) is 2.57. The monoisotopic (exact) mass is 289 g/mol. The fourth-order valence-corrected chi connectivity index (χ4v) is 2.89. The predicted octanol–water partition coefficient (Wildman–Crippen LogP) is 0.487. The molecule has 2 fully saturated rings. The molecule has 2 aliphatic heterocycles. The van der Waals surface area contributed by atoms with Crippen LogP contribution < -0.4 is 5.32 Å². The average Bonchev–Trinajstić information content (AvgIpc) is 2.87. The summed E-state index contributed by atoms with van der Waals surface area (Å²) >= 11 is 0. The lowest BCUT2D eigenvalue weighted by Crippen LogP contribution is -2.48. The van der Waals surface area contributed by atoms with Crippen LogP contribution in [0.5, 0.6) is 0 Å². The normalized spacial score (nSPS) is 23.9. The zero-order valence-corrected chi connectivity index (χ0v) is 12.5. The highest BCUT2D eigenvalue weighted by Gasteiger charge is 2.37. The van der Waals surface area contributed by atoms with Gasteiger partial charge < -0.3 is 15.1 Å². The number of halogens is 1. The van der Waals surface area contributed by atoms with Crippen molar-refractivity contribution in [2.75, 3.05) is 33.7 Å². The molecule has 0 aromatic carbocycles. The topological polar surface area (TPSA) is 52.7 Å². The third-order valence-electron chi connectivity index (χ3n) is 3.95. The van der Waals surface area contributed by atoms with Crippen molar-refractivity contribution in [2.45, 2.75) is 31.7 Å². The minimum absolute atomic E-state index is 0. The fraction of sp³-hybridized carbons (Fsp3) is 0.846. The maximum Gasteiger partial charge on any atom is 0.244 e. The van der Waals surface area contributed by atoms with E-state index in [4.69, 9.17) is 0 Å². The van der Waals surface area contributed by atoms with Gasteiger partial charge in [0.15, 0.2) is 0 Å². The van der Waals surface area contributed by atoms with E-state index in [2.05, 4.69) is 5.32 Å². The Morgan fingerprint density at radius 2 is 1.79 bits per heavy atom. The first kappa shape index (κ1) is 16.2. The summed E-state index contributed by atoms with van der Waals surface area (Å²) in [4.78, 5) is 27.9. The van der Waals surface area contributed by atoms with Crippen molar-refractivity contribution in [3.63, 3.8) is 0 Å². The Kier molecular flexibility index (Phi) is 6.07. The van der Waals surface area contributed by atoms with Crippen LogP contribution in [0.1, 0.15) is 25.7 Å². The molecule has 0 spiro atoms. The molecule has 6 heteroatoms. The highest BCUT2D eigenvalue weighted by Crippen LogP contribution is 2.24. The Morgan fingerprint density at radius 1 is 1.16 bits per heavy atom. The van der Waals surface area contributed by atoms with Gasteiger partial charge in [0, 0.05) is 26.6 Å². The van der Waals surface area contributed by atoms with Crippen LogP contribution in [-0.2, 0) is 9.59 Å². The van der Waals surface area contributed by atoms with Gasteiger partial charge in [-0.1, -0.05) is 0 Å². The van der Waals surface area contributed by atoms with E-state index in [0.717, 1.165) is 45.3 Å². The van der Waals surface area contributed by atoms with Crippen LogP contribution in [0.2, 0.25) is 0 Å². The molecule has 0 bridgehead atoms. The van der Waals surface area contributed by atoms with E-state index < -0.39 is 0 Å². The smallest absolute Gasteiger partial charge is 0.244 e. The van der Waals surface area contributed by atoms with Gasteiger partial charge in [-0.15, -0.1) is 12.4 Å². The number of likely N-dealkylation sites (N-methyl/N-ethyl adjacent to an activating group) is 1. The van der Waals surface area contributed by atoms with Crippen molar-refractivity contribution in [1.29, 1.82) is 0 Å². The van der Waals surface area contributed by atoms with Gasteiger partial charge >= 0.3 is 0 Å². The van der Waals surface area contributed by atoms with E-state index in [-0.39, 0.29) is 36.2 Å². The molecule has 0 aromatic rings. The molecule has 0 radical (unpaired) electrons. The van der Waals surface area contributed by atoms with E-state index in [9.17, 15) is 9.59 Å². The van der Waals surface area contributed by atoms with Gasteiger partial charge in [0.05, 0.1) is 0 Å². The zero-order chi connectivity index (χ0) is 13.1.